The van der Waals surface area contributed by atoms with Crippen LogP contribution in [0.5, 0.6) is 5.75 Å². The highest BCUT2D eigenvalue weighted by atomic mass is 16.5. The number of rotatable bonds is 3. The van der Waals surface area contributed by atoms with Gasteiger partial charge in [0.15, 0.2) is 0 Å². The van der Waals surface area contributed by atoms with Crippen LogP contribution in [0.2, 0.25) is 0 Å². The molecule has 1 aromatic heterocycles. The predicted molar refractivity (Wildman–Crippen MR) is 86.0 cm³/mol. The lowest BCUT2D eigenvalue weighted by atomic mass is 10.2. The molecular weight excluding hydrogens is 262 g/mol. The maximum atomic E-state index is 6.07. The Hall–Kier alpha value is -2.49. The van der Waals surface area contributed by atoms with Crippen molar-refractivity contribution >= 4 is 17.0 Å². The Kier molecular flexibility index (Phi) is 3.29. The number of benzene rings is 2. The number of anilines is 1. The normalized spacial score (nSPS) is 11.2. The number of nitrogens with zero attached hydrogens (tertiary/aromatic N) is 2. The van der Waals surface area contributed by atoms with Crippen LogP contribution in [0.25, 0.3) is 16.7 Å². The monoisotopic (exact) mass is 281 g/mol. The van der Waals surface area contributed by atoms with E-state index in [0.717, 1.165) is 22.5 Å². The Balaban J connectivity index is 2.05. The van der Waals surface area contributed by atoms with Gasteiger partial charge in [-0.1, -0.05) is 6.07 Å². The summed E-state index contributed by atoms with van der Waals surface area (Å²) < 4.78 is 7.62. The van der Waals surface area contributed by atoms with Crippen molar-refractivity contribution in [3.8, 4) is 11.4 Å². The van der Waals surface area contributed by atoms with Crippen LogP contribution in [0.4, 0.5) is 5.95 Å². The van der Waals surface area contributed by atoms with Gasteiger partial charge in [-0.2, -0.15) is 0 Å². The number of imidazole rings is 1. The zero-order valence-corrected chi connectivity index (χ0v) is 12.5. The molecule has 4 nitrogen and oxygen atoms in total. The third-order valence-corrected chi connectivity index (χ3v) is 3.30. The molecule has 4 heteroatoms. The van der Waals surface area contributed by atoms with Crippen molar-refractivity contribution < 1.29 is 4.74 Å². The minimum Gasteiger partial charge on any atom is -0.491 e. The molecule has 0 aliphatic carbocycles. The van der Waals surface area contributed by atoms with Gasteiger partial charge in [0.05, 0.1) is 17.1 Å². The van der Waals surface area contributed by atoms with Gasteiger partial charge in [-0.25, -0.2) is 4.98 Å². The zero-order chi connectivity index (χ0) is 15.0. The zero-order valence-electron chi connectivity index (χ0n) is 12.5. The quantitative estimate of drug-likeness (QED) is 0.796. The summed E-state index contributed by atoms with van der Waals surface area (Å²) in [4.78, 5) is 4.43. The van der Waals surface area contributed by atoms with Gasteiger partial charge in [-0.05, 0) is 62.7 Å². The summed E-state index contributed by atoms with van der Waals surface area (Å²) in [6.45, 7) is 6.07. The number of aromatic nitrogens is 2. The molecule has 0 bridgehead atoms. The smallest absolute Gasteiger partial charge is 0.205 e. The minimum atomic E-state index is 0.165. The molecule has 1 heterocycles. The van der Waals surface area contributed by atoms with Gasteiger partial charge in [0.2, 0.25) is 5.95 Å². The molecule has 0 saturated heterocycles. The molecule has 108 valence electrons. The molecule has 0 radical (unpaired) electrons. The first-order valence-corrected chi connectivity index (χ1v) is 7.06. The maximum Gasteiger partial charge on any atom is 0.205 e. The highest BCUT2D eigenvalue weighted by molar-refractivity contribution is 5.81. The maximum absolute atomic E-state index is 6.07. The fraction of sp³-hybridized carbons (Fsp3) is 0.235. The molecule has 0 aliphatic rings. The number of hydrogen-bond donors (Lipinski definition) is 1. The van der Waals surface area contributed by atoms with Crippen LogP contribution in [0.3, 0.4) is 0 Å². The number of aryl methyl sites for hydroxylation is 1. The molecule has 0 aliphatic heterocycles. The lowest BCUT2D eigenvalue weighted by Crippen LogP contribution is -2.05. The first-order chi connectivity index (χ1) is 10.0. The molecule has 0 fully saturated rings. The number of hydrogen-bond acceptors (Lipinski definition) is 3. The Morgan fingerprint density at radius 3 is 2.48 bits per heavy atom. The molecule has 0 atom stereocenters. The molecule has 0 spiro atoms. The predicted octanol–water partition coefficient (Wildman–Crippen LogP) is 3.70. The summed E-state index contributed by atoms with van der Waals surface area (Å²) in [7, 11) is 0. The van der Waals surface area contributed by atoms with E-state index >= 15 is 0 Å². The summed E-state index contributed by atoms with van der Waals surface area (Å²) in [6.07, 6.45) is 0.165. The van der Waals surface area contributed by atoms with Crippen molar-refractivity contribution in [1.29, 1.82) is 0 Å². The van der Waals surface area contributed by atoms with E-state index in [1.807, 2.05) is 61.7 Å². The van der Waals surface area contributed by atoms with Crippen molar-refractivity contribution in [2.24, 2.45) is 0 Å². The largest absolute Gasteiger partial charge is 0.491 e. The van der Waals surface area contributed by atoms with E-state index < -0.39 is 0 Å². The summed E-state index contributed by atoms with van der Waals surface area (Å²) in [6, 6.07) is 14.1. The number of nitrogen functional groups attached to an aromatic ring is 1. The topological polar surface area (TPSA) is 53.1 Å². The molecule has 0 unspecified atom stereocenters. The highest BCUT2D eigenvalue weighted by Crippen LogP contribution is 2.25. The van der Waals surface area contributed by atoms with Crippen molar-refractivity contribution in [2.45, 2.75) is 26.9 Å². The molecule has 0 saturated carbocycles. The van der Waals surface area contributed by atoms with E-state index in [2.05, 4.69) is 11.1 Å². The van der Waals surface area contributed by atoms with E-state index in [1.165, 1.54) is 5.56 Å². The van der Waals surface area contributed by atoms with E-state index in [0.29, 0.717) is 5.95 Å². The van der Waals surface area contributed by atoms with Crippen LogP contribution in [0.15, 0.2) is 42.5 Å². The molecule has 3 rings (SSSR count). The second-order valence-corrected chi connectivity index (χ2v) is 5.46. The first kappa shape index (κ1) is 13.5. The van der Waals surface area contributed by atoms with Gasteiger partial charge >= 0.3 is 0 Å². The standard InChI is InChI=1S/C17H19N3O/c1-11(2)21-14-7-5-13(6-8-14)20-16-9-4-12(3)10-15(16)19-17(20)18/h4-11H,1-3H3,(H2,18,19). The van der Waals surface area contributed by atoms with Crippen LogP contribution >= 0.6 is 0 Å². The Morgan fingerprint density at radius 2 is 1.81 bits per heavy atom. The van der Waals surface area contributed by atoms with Gasteiger partial charge in [0.1, 0.15) is 5.75 Å². The molecule has 3 aromatic rings. The first-order valence-electron chi connectivity index (χ1n) is 7.06. The molecule has 0 amide bonds. The Bertz CT molecular complexity index is 773. The van der Waals surface area contributed by atoms with E-state index in [-0.39, 0.29) is 6.10 Å². The van der Waals surface area contributed by atoms with E-state index in [4.69, 9.17) is 10.5 Å². The average Bonchev–Trinajstić information content (AvgIpc) is 2.74. The number of ether oxygens (including phenoxy) is 1. The molecule has 2 N–H and O–H groups in total. The fourth-order valence-corrected chi connectivity index (χ4v) is 2.43. The van der Waals surface area contributed by atoms with Crippen LogP contribution in [-0.2, 0) is 0 Å². The lowest BCUT2D eigenvalue weighted by molar-refractivity contribution is 0.242. The molecule has 2 aromatic carbocycles. The van der Waals surface area contributed by atoms with Crippen molar-refractivity contribution in [3.05, 3.63) is 48.0 Å². The van der Waals surface area contributed by atoms with Crippen molar-refractivity contribution in [3.63, 3.8) is 0 Å². The van der Waals surface area contributed by atoms with E-state index in [1.54, 1.807) is 0 Å². The minimum absolute atomic E-state index is 0.165. The SMILES string of the molecule is Cc1ccc2c(c1)nc(N)n2-c1ccc(OC(C)C)cc1. The summed E-state index contributed by atoms with van der Waals surface area (Å²) in [5.74, 6) is 1.35. The third-order valence-electron chi connectivity index (χ3n) is 3.30. The van der Waals surface area contributed by atoms with E-state index in [9.17, 15) is 0 Å². The summed E-state index contributed by atoms with van der Waals surface area (Å²) in [5, 5.41) is 0. The summed E-state index contributed by atoms with van der Waals surface area (Å²) >= 11 is 0. The highest BCUT2D eigenvalue weighted by Gasteiger charge is 2.10. The fourth-order valence-electron chi connectivity index (χ4n) is 2.43. The summed E-state index contributed by atoms with van der Waals surface area (Å²) in [5.41, 5.74) is 10.2. The third kappa shape index (κ3) is 2.57. The Morgan fingerprint density at radius 1 is 1.10 bits per heavy atom. The van der Waals surface area contributed by atoms with Crippen LogP contribution in [0.1, 0.15) is 19.4 Å². The second-order valence-electron chi connectivity index (χ2n) is 5.46. The lowest BCUT2D eigenvalue weighted by Gasteiger charge is -2.11. The number of nitrogens with two attached hydrogens (primary N) is 1. The van der Waals surface area contributed by atoms with Crippen molar-refractivity contribution in [2.75, 3.05) is 5.73 Å². The second kappa shape index (κ2) is 5.13. The van der Waals surface area contributed by atoms with Gasteiger partial charge < -0.3 is 10.5 Å². The van der Waals surface area contributed by atoms with Crippen LogP contribution < -0.4 is 10.5 Å². The van der Waals surface area contributed by atoms with Crippen LogP contribution in [-0.4, -0.2) is 15.7 Å². The average molecular weight is 281 g/mol. The van der Waals surface area contributed by atoms with Crippen molar-refractivity contribution in [1.82, 2.24) is 9.55 Å². The van der Waals surface area contributed by atoms with Gasteiger partial charge in [-0.3, -0.25) is 4.57 Å². The molecular formula is C17H19N3O. The molecule has 21 heavy (non-hydrogen) atoms. The van der Waals surface area contributed by atoms with Gasteiger partial charge in [0, 0.05) is 5.69 Å². The van der Waals surface area contributed by atoms with Gasteiger partial charge in [0.25, 0.3) is 0 Å². The number of fused-ring (bicyclic) bond motifs is 1. The van der Waals surface area contributed by atoms with Crippen LogP contribution in [0, 0.1) is 6.92 Å². The Labute approximate surface area is 124 Å². The van der Waals surface area contributed by atoms with Gasteiger partial charge in [-0.15, -0.1) is 0 Å².